The van der Waals surface area contributed by atoms with E-state index in [-0.39, 0.29) is 23.7 Å². The first-order chi connectivity index (χ1) is 13.2. The molecule has 2 aromatic rings. The Kier molecular flexibility index (Phi) is 4.79. The van der Waals surface area contributed by atoms with E-state index in [4.69, 9.17) is 26.2 Å². The number of hydrogen-bond acceptors (Lipinski definition) is 4. The number of fused-ring (bicyclic) bond motifs is 3. The zero-order chi connectivity index (χ0) is 19.0. The average molecular weight is 385 g/mol. The highest BCUT2D eigenvalue weighted by Gasteiger charge is 2.43. The Morgan fingerprint density at radius 3 is 2.52 bits per heavy atom. The molecule has 1 aliphatic heterocycles. The molecule has 0 saturated carbocycles. The van der Waals surface area contributed by atoms with Crippen molar-refractivity contribution < 1.29 is 14.3 Å². The summed E-state index contributed by atoms with van der Waals surface area (Å²) < 4.78 is 10.7. The van der Waals surface area contributed by atoms with Gasteiger partial charge in [0, 0.05) is 11.5 Å². The maximum Gasteiger partial charge on any atom is 0.258 e. The van der Waals surface area contributed by atoms with Crippen LogP contribution in [0.15, 0.2) is 47.6 Å². The van der Waals surface area contributed by atoms with Crippen molar-refractivity contribution in [1.82, 2.24) is 5.01 Å². The van der Waals surface area contributed by atoms with E-state index in [9.17, 15) is 4.79 Å². The Morgan fingerprint density at radius 1 is 1.15 bits per heavy atom. The van der Waals surface area contributed by atoms with Crippen LogP contribution in [0.3, 0.4) is 0 Å². The van der Waals surface area contributed by atoms with Gasteiger partial charge in [0.2, 0.25) is 0 Å². The largest absolute Gasteiger partial charge is 0.497 e. The van der Waals surface area contributed by atoms with Crippen molar-refractivity contribution in [3.8, 4) is 11.5 Å². The molecule has 2 aliphatic rings. The standard InChI is InChI=1S/C21H21ClN2O3/c1-26-15-7-4-14(5-8-15)21-17-10-6-13-3-9-16(27-2)11-18(13)20(17)23-24(21)19(25)12-22/h3-5,7-9,11,17,21H,6,10,12H2,1-2H3/t17-,21+/m1/s1. The van der Waals surface area contributed by atoms with Crippen LogP contribution in [0.5, 0.6) is 11.5 Å². The summed E-state index contributed by atoms with van der Waals surface area (Å²) in [7, 11) is 3.29. The molecule has 0 saturated heterocycles. The van der Waals surface area contributed by atoms with Gasteiger partial charge in [0.05, 0.1) is 26.0 Å². The number of aryl methyl sites for hydroxylation is 1. The number of nitrogens with zero attached hydrogens (tertiary/aromatic N) is 2. The molecule has 5 nitrogen and oxygen atoms in total. The van der Waals surface area contributed by atoms with Crippen LogP contribution in [0.1, 0.15) is 29.2 Å². The van der Waals surface area contributed by atoms with Gasteiger partial charge in [-0.2, -0.15) is 5.10 Å². The van der Waals surface area contributed by atoms with Gasteiger partial charge in [-0.15, -0.1) is 11.6 Å². The van der Waals surface area contributed by atoms with Crippen LogP contribution in [0.2, 0.25) is 0 Å². The highest BCUT2D eigenvalue weighted by atomic mass is 35.5. The molecule has 2 atom stereocenters. The van der Waals surface area contributed by atoms with Gasteiger partial charge in [-0.25, -0.2) is 5.01 Å². The zero-order valence-corrected chi connectivity index (χ0v) is 16.1. The molecule has 0 spiro atoms. The number of hydrogen-bond donors (Lipinski definition) is 0. The molecule has 0 aromatic heterocycles. The van der Waals surface area contributed by atoms with Gasteiger partial charge >= 0.3 is 0 Å². The van der Waals surface area contributed by atoms with Gasteiger partial charge in [-0.3, -0.25) is 4.79 Å². The fourth-order valence-corrected chi connectivity index (χ4v) is 4.14. The van der Waals surface area contributed by atoms with Crippen LogP contribution < -0.4 is 9.47 Å². The van der Waals surface area contributed by atoms with E-state index in [1.54, 1.807) is 19.2 Å². The van der Waals surface area contributed by atoms with Crippen molar-refractivity contribution in [3.63, 3.8) is 0 Å². The van der Waals surface area contributed by atoms with Crippen LogP contribution in [0.25, 0.3) is 0 Å². The van der Waals surface area contributed by atoms with Crippen molar-refractivity contribution in [1.29, 1.82) is 0 Å². The lowest BCUT2D eigenvalue weighted by Crippen LogP contribution is -2.32. The van der Waals surface area contributed by atoms with Gasteiger partial charge < -0.3 is 9.47 Å². The molecule has 140 valence electrons. The fourth-order valence-electron chi connectivity index (χ4n) is 4.02. The smallest absolute Gasteiger partial charge is 0.258 e. The third-order valence-electron chi connectivity index (χ3n) is 5.36. The topological polar surface area (TPSA) is 51.1 Å². The minimum Gasteiger partial charge on any atom is -0.497 e. The number of methoxy groups -OCH3 is 2. The van der Waals surface area contributed by atoms with Crippen molar-refractivity contribution >= 4 is 23.2 Å². The van der Waals surface area contributed by atoms with Gasteiger partial charge in [0.1, 0.15) is 17.4 Å². The second-order valence-electron chi connectivity index (χ2n) is 6.74. The molecule has 2 aromatic carbocycles. The second-order valence-corrected chi connectivity index (χ2v) is 7.01. The maximum absolute atomic E-state index is 12.5. The van der Waals surface area contributed by atoms with Crippen LogP contribution in [0.4, 0.5) is 0 Å². The second kappa shape index (κ2) is 7.24. The van der Waals surface area contributed by atoms with Gasteiger partial charge in [0.15, 0.2) is 0 Å². The highest BCUT2D eigenvalue weighted by Crippen LogP contribution is 2.44. The SMILES string of the molecule is COc1ccc([C@H]2[C@@H]3CCc4ccc(OC)cc4C3=NN2C(=O)CCl)cc1. The number of carbonyl (C=O) groups is 1. The van der Waals surface area contributed by atoms with E-state index in [0.717, 1.165) is 41.2 Å². The first-order valence-electron chi connectivity index (χ1n) is 8.94. The molecule has 4 rings (SSSR count). The van der Waals surface area contributed by atoms with Crippen LogP contribution in [-0.4, -0.2) is 36.7 Å². The Labute approximate surface area is 163 Å². The molecule has 1 aliphatic carbocycles. The third-order valence-corrected chi connectivity index (χ3v) is 5.58. The molecule has 6 heteroatoms. The molecule has 0 unspecified atom stereocenters. The average Bonchev–Trinajstić information content (AvgIpc) is 3.12. The van der Waals surface area contributed by atoms with E-state index in [0.29, 0.717) is 0 Å². The monoisotopic (exact) mass is 384 g/mol. The first-order valence-corrected chi connectivity index (χ1v) is 9.47. The van der Waals surface area contributed by atoms with Crippen molar-refractivity contribution in [2.24, 2.45) is 11.0 Å². The lowest BCUT2D eigenvalue weighted by Gasteiger charge is -2.29. The Balaban J connectivity index is 1.78. The van der Waals surface area contributed by atoms with Crippen LogP contribution in [0, 0.1) is 5.92 Å². The van der Waals surface area contributed by atoms with Crippen molar-refractivity contribution in [2.75, 3.05) is 20.1 Å². The van der Waals surface area contributed by atoms with E-state index in [2.05, 4.69) is 6.07 Å². The number of hydrazone groups is 1. The summed E-state index contributed by atoms with van der Waals surface area (Å²) in [6.07, 6.45) is 1.87. The summed E-state index contributed by atoms with van der Waals surface area (Å²) in [6, 6.07) is 13.7. The fraction of sp³-hybridized carbons (Fsp3) is 0.333. The molecular weight excluding hydrogens is 364 g/mol. The minimum atomic E-state index is -0.191. The third kappa shape index (κ3) is 3.06. The highest BCUT2D eigenvalue weighted by molar-refractivity contribution is 6.27. The van der Waals surface area contributed by atoms with Gasteiger partial charge in [-0.05, 0) is 48.2 Å². The van der Waals surface area contributed by atoms with Crippen molar-refractivity contribution in [3.05, 3.63) is 59.2 Å². The number of halogens is 1. The lowest BCUT2D eigenvalue weighted by atomic mass is 9.77. The summed E-state index contributed by atoms with van der Waals surface area (Å²) in [5, 5.41) is 6.29. The summed E-state index contributed by atoms with van der Waals surface area (Å²) in [4.78, 5) is 12.5. The minimum absolute atomic E-state index is 0.0961. The van der Waals surface area contributed by atoms with E-state index < -0.39 is 0 Å². The molecule has 0 fully saturated rings. The maximum atomic E-state index is 12.5. The number of carbonyl (C=O) groups excluding carboxylic acids is 1. The summed E-state index contributed by atoms with van der Waals surface area (Å²) in [5.74, 6) is 1.42. The van der Waals surface area contributed by atoms with Crippen molar-refractivity contribution in [2.45, 2.75) is 18.9 Å². The number of amides is 1. The predicted octanol–water partition coefficient (Wildman–Crippen LogP) is 3.79. The van der Waals surface area contributed by atoms with E-state index >= 15 is 0 Å². The summed E-state index contributed by atoms with van der Waals surface area (Å²) in [5.41, 5.74) is 4.27. The summed E-state index contributed by atoms with van der Waals surface area (Å²) in [6.45, 7) is 0. The van der Waals surface area contributed by atoms with E-state index in [1.165, 1.54) is 5.56 Å². The lowest BCUT2D eigenvalue weighted by molar-refractivity contribution is -0.130. The van der Waals surface area contributed by atoms with E-state index in [1.807, 2.05) is 36.4 Å². The first kappa shape index (κ1) is 17.9. The number of rotatable bonds is 4. The predicted molar refractivity (Wildman–Crippen MR) is 105 cm³/mol. The molecule has 0 radical (unpaired) electrons. The van der Waals surface area contributed by atoms with Crippen LogP contribution >= 0.6 is 11.6 Å². The molecule has 0 N–H and O–H groups in total. The summed E-state index contributed by atoms with van der Waals surface area (Å²) >= 11 is 5.88. The van der Waals surface area contributed by atoms with Gasteiger partial charge in [0.25, 0.3) is 5.91 Å². The molecule has 27 heavy (non-hydrogen) atoms. The number of benzene rings is 2. The Bertz CT molecular complexity index is 895. The molecule has 0 bridgehead atoms. The molecular formula is C21H21ClN2O3. The number of ether oxygens (including phenoxy) is 2. The number of alkyl halides is 1. The Hall–Kier alpha value is -2.53. The Morgan fingerprint density at radius 2 is 1.85 bits per heavy atom. The quantitative estimate of drug-likeness (QED) is 0.753. The van der Waals surface area contributed by atoms with Gasteiger partial charge in [-0.1, -0.05) is 18.2 Å². The molecule has 1 amide bonds. The van der Waals surface area contributed by atoms with Crippen LogP contribution in [-0.2, 0) is 11.2 Å². The zero-order valence-electron chi connectivity index (χ0n) is 15.3. The molecule has 1 heterocycles. The normalized spacial score (nSPS) is 20.6.